The van der Waals surface area contributed by atoms with E-state index in [0.717, 1.165) is 0 Å². The second-order valence-electron chi connectivity index (χ2n) is 6.97. The van der Waals surface area contributed by atoms with Gasteiger partial charge >= 0.3 is 5.97 Å². The van der Waals surface area contributed by atoms with Gasteiger partial charge in [0.25, 0.3) is 0 Å². The molecule has 1 unspecified atom stereocenters. The summed E-state index contributed by atoms with van der Waals surface area (Å²) < 4.78 is 16.3. The van der Waals surface area contributed by atoms with Crippen molar-refractivity contribution < 1.29 is 28.9 Å². The number of benzene rings is 2. The lowest BCUT2D eigenvalue weighted by Crippen LogP contribution is -2.24. The first kappa shape index (κ1) is 20.3. The number of H-pyrrole nitrogens is 1. The number of methoxy groups -OCH3 is 3. The Bertz CT molecular complexity index is 1140. The quantitative estimate of drug-likeness (QED) is 0.556. The number of ether oxygens (including phenoxy) is 3. The summed E-state index contributed by atoms with van der Waals surface area (Å²) in [6, 6.07) is 10.2. The number of carboxylic acids is 1. The van der Waals surface area contributed by atoms with Crippen LogP contribution in [0.4, 0.5) is 5.82 Å². The first-order valence-corrected chi connectivity index (χ1v) is 9.49. The number of aromatic carboxylic acids is 1. The predicted octanol–water partition coefficient (Wildman–Crippen LogP) is 3.27. The number of hydrogen-bond donors (Lipinski definition) is 3. The molecule has 3 aromatic rings. The molecule has 2 aromatic carbocycles. The van der Waals surface area contributed by atoms with Crippen LogP contribution in [0.2, 0.25) is 0 Å². The van der Waals surface area contributed by atoms with Gasteiger partial charge in [0.1, 0.15) is 0 Å². The standard InChI is InChI=1S/C22H21N3O6/c1-29-15-8-11(9-16(30-2)20(15)31-3)19-18-14(10-17(26)23-21(18)25-24-19)12-6-4-5-7-13(12)22(27)28/h4-9,14H,10H2,1-3H3,(H,27,28)(H2,23,24,25,26). The minimum Gasteiger partial charge on any atom is -0.493 e. The van der Waals surface area contributed by atoms with Crippen molar-refractivity contribution in [2.75, 3.05) is 26.6 Å². The van der Waals surface area contributed by atoms with E-state index in [1.54, 1.807) is 30.3 Å². The number of carbonyl (C=O) groups is 2. The molecule has 1 atom stereocenters. The van der Waals surface area contributed by atoms with Crippen LogP contribution in [0.15, 0.2) is 36.4 Å². The molecule has 0 spiro atoms. The monoisotopic (exact) mass is 423 g/mol. The van der Waals surface area contributed by atoms with E-state index < -0.39 is 11.9 Å². The average molecular weight is 423 g/mol. The molecule has 2 heterocycles. The molecule has 0 saturated carbocycles. The summed E-state index contributed by atoms with van der Waals surface area (Å²) in [5.74, 6) is -0.0519. The van der Waals surface area contributed by atoms with E-state index in [9.17, 15) is 14.7 Å². The first-order valence-electron chi connectivity index (χ1n) is 9.49. The van der Waals surface area contributed by atoms with Crippen molar-refractivity contribution in [1.82, 2.24) is 10.2 Å². The number of carbonyl (C=O) groups excluding carboxylic acids is 1. The number of nitrogens with one attached hydrogen (secondary N) is 2. The zero-order valence-electron chi connectivity index (χ0n) is 17.2. The molecule has 1 aromatic heterocycles. The van der Waals surface area contributed by atoms with E-state index in [4.69, 9.17) is 14.2 Å². The van der Waals surface area contributed by atoms with E-state index in [1.165, 1.54) is 27.4 Å². The van der Waals surface area contributed by atoms with Crippen molar-refractivity contribution in [1.29, 1.82) is 0 Å². The summed E-state index contributed by atoms with van der Waals surface area (Å²) in [7, 11) is 4.57. The van der Waals surface area contributed by atoms with Crippen molar-refractivity contribution in [2.24, 2.45) is 0 Å². The molecule has 4 rings (SSSR count). The predicted molar refractivity (Wildman–Crippen MR) is 112 cm³/mol. The van der Waals surface area contributed by atoms with E-state index in [2.05, 4.69) is 15.5 Å². The van der Waals surface area contributed by atoms with Gasteiger partial charge in [0, 0.05) is 23.5 Å². The summed E-state index contributed by atoms with van der Waals surface area (Å²) in [6.45, 7) is 0. The maximum atomic E-state index is 12.4. The third kappa shape index (κ3) is 3.43. The topological polar surface area (TPSA) is 123 Å². The third-order valence-corrected chi connectivity index (χ3v) is 5.32. The molecule has 0 bridgehead atoms. The van der Waals surface area contributed by atoms with Gasteiger partial charge in [-0.3, -0.25) is 9.89 Å². The van der Waals surface area contributed by atoms with Gasteiger partial charge in [0.15, 0.2) is 17.3 Å². The van der Waals surface area contributed by atoms with Crippen LogP contribution in [0.1, 0.15) is 33.8 Å². The van der Waals surface area contributed by atoms with Gasteiger partial charge in [-0.25, -0.2) is 4.79 Å². The fraction of sp³-hybridized carbons (Fsp3) is 0.227. The average Bonchev–Trinajstić information content (AvgIpc) is 3.21. The molecule has 3 N–H and O–H groups in total. The van der Waals surface area contributed by atoms with Crippen LogP contribution in [0.25, 0.3) is 11.3 Å². The highest BCUT2D eigenvalue weighted by molar-refractivity contribution is 5.97. The van der Waals surface area contributed by atoms with Gasteiger partial charge in [-0.1, -0.05) is 18.2 Å². The molecule has 0 fully saturated rings. The molecule has 0 aliphatic carbocycles. The van der Waals surface area contributed by atoms with Crippen molar-refractivity contribution in [3.63, 3.8) is 0 Å². The molecule has 0 radical (unpaired) electrons. The number of aromatic nitrogens is 2. The van der Waals surface area contributed by atoms with E-state index in [0.29, 0.717) is 45.5 Å². The number of anilines is 1. The summed E-state index contributed by atoms with van der Waals surface area (Å²) in [5, 5.41) is 19.7. The Morgan fingerprint density at radius 3 is 2.39 bits per heavy atom. The van der Waals surface area contributed by atoms with Gasteiger partial charge < -0.3 is 24.6 Å². The Labute approximate surface area is 177 Å². The van der Waals surface area contributed by atoms with Gasteiger partial charge in [0.05, 0.1) is 32.6 Å². The molecule has 1 aliphatic heterocycles. The van der Waals surface area contributed by atoms with Gasteiger partial charge in [-0.05, 0) is 23.8 Å². The maximum Gasteiger partial charge on any atom is 0.335 e. The van der Waals surface area contributed by atoms with Crippen LogP contribution in [0, 0.1) is 0 Å². The lowest BCUT2D eigenvalue weighted by Gasteiger charge is -2.25. The summed E-state index contributed by atoms with van der Waals surface area (Å²) in [5.41, 5.74) is 2.70. The van der Waals surface area contributed by atoms with Crippen molar-refractivity contribution in [3.05, 3.63) is 53.1 Å². The molecule has 1 aliphatic rings. The van der Waals surface area contributed by atoms with Crippen LogP contribution in [0.5, 0.6) is 17.2 Å². The second kappa shape index (κ2) is 8.02. The van der Waals surface area contributed by atoms with E-state index in [-0.39, 0.29) is 17.9 Å². The largest absolute Gasteiger partial charge is 0.493 e. The molecule has 9 heteroatoms. The van der Waals surface area contributed by atoms with Crippen molar-refractivity contribution >= 4 is 17.7 Å². The number of aromatic amines is 1. The number of carboxylic acid groups (broad SMARTS) is 1. The fourth-order valence-corrected chi connectivity index (χ4v) is 3.96. The van der Waals surface area contributed by atoms with E-state index >= 15 is 0 Å². The molecular formula is C22H21N3O6. The van der Waals surface area contributed by atoms with Crippen LogP contribution >= 0.6 is 0 Å². The normalized spacial score (nSPS) is 15.1. The van der Waals surface area contributed by atoms with Gasteiger partial charge in [-0.2, -0.15) is 5.10 Å². The zero-order valence-corrected chi connectivity index (χ0v) is 17.2. The SMILES string of the molecule is COc1cc(-c2[nH]nc3c2C(c2ccccc2C(=O)O)CC(=O)N3)cc(OC)c1OC. The highest BCUT2D eigenvalue weighted by Gasteiger charge is 2.34. The summed E-state index contributed by atoms with van der Waals surface area (Å²) in [4.78, 5) is 24.2. The summed E-state index contributed by atoms with van der Waals surface area (Å²) >= 11 is 0. The molecule has 31 heavy (non-hydrogen) atoms. The second-order valence-corrected chi connectivity index (χ2v) is 6.97. The Kier molecular flexibility index (Phi) is 5.24. The smallest absolute Gasteiger partial charge is 0.335 e. The maximum absolute atomic E-state index is 12.4. The molecular weight excluding hydrogens is 402 g/mol. The minimum absolute atomic E-state index is 0.0915. The number of rotatable bonds is 6. The lowest BCUT2D eigenvalue weighted by molar-refractivity contribution is -0.116. The van der Waals surface area contributed by atoms with Crippen LogP contribution < -0.4 is 19.5 Å². The minimum atomic E-state index is -1.05. The fourth-order valence-electron chi connectivity index (χ4n) is 3.96. The van der Waals surface area contributed by atoms with Gasteiger partial charge in [-0.15, -0.1) is 0 Å². The van der Waals surface area contributed by atoms with Crippen molar-refractivity contribution in [3.8, 4) is 28.5 Å². The molecule has 160 valence electrons. The summed E-state index contributed by atoms with van der Waals surface area (Å²) in [6.07, 6.45) is 0.0915. The van der Waals surface area contributed by atoms with E-state index in [1.807, 2.05) is 0 Å². The number of fused-ring (bicyclic) bond motifs is 1. The van der Waals surface area contributed by atoms with Crippen molar-refractivity contribution in [2.45, 2.75) is 12.3 Å². The lowest BCUT2D eigenvalue weighted by atomic mass is 9.82. The Hall–Kier alpha value is -4.01. The van der Waals surface area contributed by atoms with Crippen LogP contribution in [-0.4, -0.2) is 48.5 Å². The highest BCUT2D eigenvalue weighted by atomic mass is 16.5. The van der Waals surface area contributed by atoms with Crippen LogP contribution in [0.3, 0.4) is 0 Å². The number of amides is 1. The first-order chi connectivity index (χ1) is 15.0. The molecule has 9 nitrogen and oxygen atoms in total. The van der Waals surface area contributed by atoms with Gasteiger partial charge in [0.2, 0.25) is 11.7 Å². The molecule has 1 amide bonds. The number of nitrogens with zero attached hydrogens (tertiary/aromatic N) is 1. The zero-order chi connectivity index (χ0) is 22.1. The highest BCUT2D eigenvalue weighted by Crippen LogP contribution is 2.46. The van der Waals surface area contributed by atoms with Crippen LogP contribution in [-0.2, 0) is 4.79 Å². The Morgan fingerprint density at radius 1 is 1.10 bits per heavy atom. The Balaban J connectivity index is 1.93. The molecule has 0 saturated heterocycles. The number of hydrogen-bond acceptors (Lipinski definition) is 6. The Morgan fingerprint density at radius 2 is 1.77 bits per heavy atom. The third-order valence-electron chi connectivity index (χ3n) is 5.32.